The highest BCUT2D eigenvalue weighted by atomic mass is 16.6. The topological polar surface area (TPSA) is 64.6 Å². The van der Waals surface area contributed by atoms with E-state index in [0.29, 0.717) is 13.0 Å². The third kappa shape index (κ3) is 5.37. The zero-order valence-electron chi connectivity index (χ0n) is 9.62. The summed E-state index contributed by atoms with van der Waals surface area (Å²) < 4.78 is 9.50. The number of esters is 2. The molecule has 0 aromatic heterocycles. The zero-order chi connectivity index (χ0) is 12.4. The molecule has 0 fully saturated rings. The number of hydrogen-bond donors (Lipinski definition) is 1. The molecule has 0 bridgehead atoms. The van der Waals surface area contributed by atoms with E-state index < -0.39 is 18.0 Å². The van der Waals surface area contributed by atoms with Crippen molar-refractivity contribution in [3.05, 3.63) is 0 Å². The standard InChI is InChI=1S/C11H17NO4/c1-4-7-8-12-9(10(13)15-5-2)11(14)16-6-3/h1,9,12H,5-8H2,2-3H3. The smallest absolute Gasteiger partial charge is 0.334 e. The van der Waals surface area contributed by atoms with Gasteiger partial charge in [-0.1, -0.05) is 0 Å². The Morgan fingerprint density at radius 2 is 1.75 bits per heavy atom. The molecule has 0 aliphatic heterocycles. The zero-order valence-corrected chi connectivity index (χ0v) is 9.62. The van der Waals surface area contributed by atoms with Gasteiger partial charge < -0.3 is 9.47 Å². The van der Waals surface area contributed by atoms with Gasteiger partial charge in [0.05, 0.1) is 13.2 Å². The van der Waals surface area contributed by atoms with Gasteiger partial charge in [-0.15, -0.1) is 12.3 Å². The first kappa shape index (κ1) is 14.5. The van der Waals surface area contributed by atoms with Crippen LogP contribution in [0.25, 0.3) is 0 Å². The average Bonchev–Trinajstić information content (AvgIpc) is 2.25. The number of terminal acetylenes is 1. The lowest BCUT2D eigenvalue weighted by molar-refractivity contribution is -0.157. The Labute approximate surface area is 95.5 Å². The van der Waals surface area contributed by atoms with Crippen LogP contribution in [0, 0.1) is 12.3 Å². The van der Waals surface area contributed by atoms with Crippen molar-refractivity contribution in [1.82, 2.24) is 5.32 Å². The summed E-state index contributed by atoms with van der Waals surface area (Å²) >= 11 is 0. The lowest BCUT2D eigenvalue weighted by Gasteiger charge is -2.14. The minimum Gasteiger partial charge on any atom is -0.464 e. The molecule has 0 amide bonds. The molecule has 0 aliphatic carbocycles. The van der Waals surface area contributed by atoms with Crippen LogP contribution in [0.2, 0.25) is 0 Å². The van der Waals surface area contributed by atoms with Gasteiger partial charge in [-0.3, -0.25) is 5.32 Å². The highest BCUT2D eigenvalue weighted by Crippen LogP contribution is 1.94. The SMILES string of the molecule is C#CCCNC(C(=O)OCC)C(=O)OCC. The van der Waals surface area contributed by atoms with Crippen molar-refractivity contribution < 1.29 is 19.1 Å². The molecular formula is C11H17NO4. The molecule has 0 aromatic carbocycles. The number of rotatable bonds is 7. The highest BCUT2D eigenvalue weighted by Gasteiger charge is 2.28. The van der Waals surface area contributed by atoms with Crippen molar-refractivity contribution in [2.75, 3.05) is 19.8 Å². The monoisotopic (exact) mass is 227 g/mol. The molecule has 0 spiro atoms. The van der Waals surface area contributed by atoms with Crippen molar-refractivity contribution in [2.45, 2.75) is 26.3 Å². The Bertz CT molecular complexity index is 252. The maximum absolute atomic E-state index is 11.4. The van der Waals surface area contributed by atoms with E-state index in [2.05, 4.69) is 11.2 Å². The molecule has 0 saturated carbocycles. The molecule has 5 heteroatoms. The molecule has 0 heterocycles. The number of carbonyl (C=O) groups excluding carboxylic acids is 2. The Hall–Kier alpha value is -1.54. The average molecular weight is 227 g/mol. The van der Waals surface area contributed by atoms with Crippen molar-refractivity contribution in [1.29, 1.82) is 0 Å². The van der Waals surface area contributed by atoms with E-state index in [9.17, 15) is 9.59 Å². The Morgan fingerprint density at radius 3 is 2.12 bits per heavy atom. The lowest BCUT2D eigenvalue weighted by Crippen LogP contribution is -2.45. The van der Waals surface area contributed by atoms with Gasteiger partial charge in [0.1, 0.15) is 0 Å². The number of nitrogens with one attached hydrogen (secondary N) is 1. The van der Waals surface area contributed by atoms with Gasteiger partial charge in [0, 0.05) is 13.0 Å². The molecule has 0 radical (unpaired) electrons. The van der Waals surface area contributed by atoms with Crippen molar-refractivity contribution in [3.63, 3.8) is 0 Å². The predicted octanol–water partition coefficient (Wildman–Crippen LogP) is 0.0941. The van der Waals surface area contributed by atoms with Gasteiger partial charge in [-0.05, 0) is 13.8 Å². The summed E-state index contributed by atoms with van der Waals surface area (Å²) in [5.41, 5.74) is 0. The summed E-state index contributed by atoms with van der Waals surface area (Å²) in [5.74, 6) is 1.12. The van der Waals surface area contributed by atoms with Crippen LogP contribution >= 0.6 is 0 Å². The van der Waals surface area contributed by atoms with Gasteiger partial charge in [0.15, 0.2) is 0 Å². The van der Waals surface area contributed by atoms with Crippen LogP contribution in [0.3, 0.4) is 0 Å². The van der Waals surface area contributed by atoms with Crippen LogP contribution in [0.4, 0.5) is 0 Å². The first-order chi connectivity index (χ1) is 7.67. The van der Waals surface area contributed by atoms with Crippen LogP contribution in [-0.2, 0) is 19.1 Å². The van der Waals surface area contributed by atoms with Crippen molar-refractivity contribution >= 4 is 11.9 Å². The molecule has 0 aliphatic rings. The summed E-state index contributed by atoms with van der Waals surface area (Å²) in [5, 5.41) is 2.70. The molecular weight excluding hydrogens is 210 g/mol. The van der Waals surface area contributed by atoms with Gasteiger partial charge in [0.2, 0.25) is 6.04 Å². The highest BCUT2D eigenvalue weighted by molar-refractivity contribution is 5.99. The first-order valence-corrected chi connectivity index (χ1v) is 5.17. The van der Waals surface area contributed by atoms with Crippen molar-refractivity contribution in [3.8, 4) is 12.3 Å². The molecule has 0 rings (SSSR count). The largest absolute Gasteiger partial charge is 0.464 e. The fourth-order valence-electron chi connectivity index (χ4n) is 1.00. The Kier molecular flexibility index (Phi) is 7.90. The fourth-order valence-corrected chi connectivity index (χ4v) is 1.00. The minimum absolute atomic E-state index is 0.214. The number of hydrogen-bond acceptors (Lipinski definition) is 5. The van der Waals surface area contributed by atoms with Gasteiger partial charge in [-0.25, -0.2) is 9.59 Å². The molecule has 0 atom stereocenters. The van der Waals surface area contributed by atoms with Gasteiger partial charge in [0.25, 0.3) is 0 Å². The molecule has 90 valence electrons. The van der Waals surface area contributed by atoms with E-state index in [-0.39, 0.29) is 13.2 Å². The Morgan fingerprint density at radius 1 is 1.25 bits per heavy atom. The van der Waals surface area contributed by atoms with Gasteiger partial charge in [-0.2, -0.15) is 0 Å². The van der Waals surface area contributed by atoms with E-state index >= 15 is 0 Å². The van der Waals surface area contributed by atoms with Crippen LogP contribution in [0.15, 0.2) is 0 Å². The number of ether oxygens (including phenoxy) is 2. The molecule has 16 heavy (non-hydrogen) atoms. The lowest BCUT2D eigenvalue weighted by atomic mass is 10.3. The van der Waals surface area contributed by atoms with Crippen LogP contribution in [0.1, 0.15) is 20.3 Å². The normalized spacial score (nSPS) is 9.62. The van der Waals surface area contributed by atoms with Crippen LogP contribution in [0.5, 0.6) is 0 Å². The molecule has 0 saturated heterocycles. The minimum atomic E-state index is -1.09. The molecule has 1 N–H and O–H groups in total. The molecule has 0 unspecified atom stereocenters. The van der Waals surface area contributed by atoms with E-state index in [0.717, 1.165) is 0 Å². The summed E-state index contributed by atoms with van der Waals surface area (Å²) in [6.07, 6.45) is 5.49. The maximum atomic E-state index is 11.4. The first-order valence-electron chi connectivity index (χ1n) is 5.17. The predicted molar refractivity (Wildman–Crippen MR) is 58.5 cm³/mol. The number of carbonyl (C=O) groups is 2. The van der Waals surface area contributed by atoms with Gasteiger partial charge >= 0.3 is 11.9 Å². The second kappa shape index (κ2) is 8.74. The summed E-state index contributed by atoms with van der Waals surface area (Å²) in [7, 11) is 0. The maximum Gasteiger partial charge on any atom is 0.334 e. The summed E-state index contributed by atoms with van der Waals surface area (Å²) in [6, 6.07) is -1.09. The summed E-state index contributed by atoms with van der Waals surface area (Å²) in [4.78, 5) is 22.8. The van der Waals surface area contributed by atoms with E-state index in [1.165, 1.54) is 0 Å². The third-order valence-corrected chi connectivity index (χ3v) is 1.66. The van der Waals surface area contributed by atoms with Crippen LogP contribution < -0.4 is 5.32 Å². The second-order valence-corrected chi connectivity index (χ2v) is 2.85. The van der Waals surface area contributed by atoms with Crippen molar-refractivity contribution in [2.24, 2.45) is 0 Å². The van der Waals surface area contributed by atoms with E-state index in [1.54, 1.807) is 13.8 Å². The van der Waals surface area contributed by atoms with E-state index in [4.69, 9.17) is 15.9 Å². The van der Waals surface area contributed by atoms with Crippen LogP contribution in [-0.4, -0.2) is 37.7 Å². The quantitative estimate of drug-likeness (QED) is 0.289. The fraction of sp³-hybridized carbons (Fsp3) is 0.636. The third-order valence-electron chi connectivity index (χ3n) is 1.66. The Balaban J connectivity index is 4.32. The molecule has 5 nitrogen and oxygen atoms in total. The van der Waals surface area contributed by atoms with E-state index in [1.807, 2.05) is 0 Å². The molecule has 0 aromatic rings. The second-order valence-electron chi connectivity index (χ2n) is 2.85. The summed E-state index contributed by atoms with van der Waals surface area (Å²) in [6.45, 7) is 4.12.